The first-order valence-corrected chi connectivity index (χ1v) is 14.6. The summed E-state index contributed by atoms with van der Waals surface area (Å²) in [5, 5.41) is 20.1. The zero-order valence-corrected chi connectivity index (χ0v) is 23.3. The van der Waals surface area contributed by atoms with Crippen molar-refractivity contribution in [2.24, 2.45) is 5.41 Å². The molecular formula is C28H37N5O3S. The molecule has 3 heterocycles. The molecule has 1 aliphatic carbocycles. The van der Waals surface area contributed by atoms with Crippen LogP contribution in [0.2, 0.25) is 0 Å². The zero-order valence-electron chi connectivity index (χ0n) is 22.5. The fourth-order valence-corrected chi connectivity index (χ4v) is 6.94. The lowest BCUT2D eigenvalue weighted by molar-refractivity contribution is -0.127. The van der Waals surface area contributed by atoms with Gasteiger partial charge in [0.15, 0.2) is 0 Å². The van der Waals surface area contributed by atoms with Crippen molar-refractivity contribution in [1.29, 1.82) is 0 Å². The van der Waals surface area contributed by atoms with Crippen molar-refractivity contribution in [2.45, 2.75) is 50.7 Å². The Morgan fingerprint density at radius 1 is 1.11 bits per heavy atom. The van der Waals surface area contributed by atoms with Crippen LogP contribution in [0.25, 0.3) is 11.3 Å². The van der Waals surface area contributed by atoms with E-state index in [1.165, 1.54) is 16.1 Å². The van der Waals surface area contributed by atoms with E-state index in [2.05, 4.69) is 60.0 Å². The van der Waals surface area contributed by atoms with Crippen LogP contribution in [0.3, 0.4) is 0 Å². The highest BCUT2D eigenvalue weighted by atomic mass is 32.2. The standard InChI is InChI=1S/C28H37N5O3S/c1-19(2)20-7-9-22(10-8-20)28(34,26(3)17-32(4)18-26)23-13-21(15-29-16-23)24-14-25(31-30-24)27(11-12-27)33(5)37(6,35)36/h7-10,13-16,19,34H,11-12,17-18H2,1-6H3,(H,30,31)/t28-/m0/s1. The van der Waals surface area contributed by atoms with E-state index in [0.29, 0.717) is 11.6 Å². The highest BCUT2D eigenvalue weighted by molar-refractivity contribution is 7.88. The number of pyridine rings is 1. The van der Waals surface area contributed by atoms with Crippen LogP contribution in [0.15, 0.2) is 48.8 Å². The fraction of sp³-hybridized carbons (Fsp3) is 0.500. The van der Waals surface area contributed by atoms with Gasteiger partial charge in [0.05, 0.1) is 23.2 Å². The van der Waals surface area contributed by atoms with Crippen LogP contribution in [0.5, 0.6) is 0 Å². The zero-order chi connectivity index (χ0) is 26.8. The number of benzene rings is 1. The molecule has 1 saturated carbocycles. The largest absolute Gasteiger partial charge is 0.380 e. The molecule has 0 spiro atoms. The lowest BCUT2D eigenvalue weighted by atomic mass is 9.62. The van der Waals surface area contributed by atoms with Gasteiger partial charge >= 0.3 is 0 Å². The van der Waals surface area contributed by atoms with Gasteiger partial charge in [0, 0.05) is 49.1 Å². The summed E-state index contributed by atoms with van der Waals surface area (Å²) < 4.78 is 25.9. The normalized spacial score (nSPS) is 20.6. The quantitative estimate of drug-likeness (QED) is 0.467. The van der Waals surface area contributed by atoms with Crippen LogP contribution in [-0.2, 0) is 21.2 Å². The number of likely N-dealkylation sites (tertiary alicyclic amines) is 1. The van der Waals surface area contributed by atoms with Gasteiger partial charge in [0.25, 0.3) is 0 Å². The molecule has 3 aromatic rings. The van der Waals surface area contributed by atoms with E-state index in [1.807, 2.05) is 24.3 Å². The minimum atomic E-state index is -3.35. The maximum Gasteiger partial charge on any atom is 0.211 e. The second-order valence-electron chi connectivity index (χ2n) is 11.6. The Balaban J connectivity index is 1.54. The molecule has 2 aliphatic rings. The lowest BCUT2D eigenvalue weighted by Crippen LogP contribution is -2.63. The number of H-pyrrole nitrogens is 1. The summed E-state index contributed by atoms with van der Waals surface area (Å²) in [5.74, 6) is 0.405. The molecule has 0 unspecified atom stereocenters. The van der Waals surface area contributed by atoms with Gasteiger partial charge < -0.3 is 10.0 Å². The summed E-state index contributed by atoms with van der Waals surface area (Å²) in [4.78, 5) is 6.72. The summed E-state index contributed by atoms with van der Waals surface area (Å²) in [6, 6.07) is 12.1. The number of aromatic amines is 1. The predicted molar refractivity (Wildman–Crippen MR) is 144 cm³/mol. The van der Waals surface area contributed by atoms with Crippen LogP contribution in [-0.4, -0.2) is 71.4 Å². The van der Waals surface area contributed by atoms with Gasteiger partial charge in [-0.3, -0.25) is 10.1 Å². The van der Waals surface area contributed by atoms with E-state index in [-0.39, 0.29) is 0 Å². The first kappa shape index (κ1) is 26.0. The third kappa shape index (κ3) is 4.22. The summed E-state index contributed by atoms with van der Waals surface area (Å²) in [6.45, 7) is 7.96. The first-order chi connectivity index (χ1) is 17.3. The molecule has 5 rings (SSSR count). The highest BCUT2D eigenvalue weighted by Crippen LogP contribution is 2.52. The molecule has 37 heavy (non-hydrogen) atoms. The summed E-state index contributed by atoms with van der Waals surface area (Å²) in [6.07, 6.45) is 6.20. The van der Waals surface area contributed by atoms with Crippen molar-refractivity contribution in [1.82, 2.24) is 24.4 Å². The molecule has 1 saturated heterocycles. The fourth-order valence-electron chi connectivity index (χ4n) is 6.02. The van der Waals surface area contributed by atoms with Crippen LogP contribution in [0.1, 0.15) is 61.9 Å². The van der Waals surface area contributed by atoms with Gasteiger partial charge in [-0.1, -0.05) is 45.0 Å². The van der Waals surface area contributed by atoms with Crippen molar-refractivity contribution >= 4 is 10.0 Å². The van der Waals surface area contributed by atoms with Crippen LogP contribution >= 0.6 is 0 Å². The predicted octanol–water partition coefficient (Wildman–Crippen LogP) is 3.66. The Kier molecular flexibility index (Phi) is 6.14. The number of aromatic nitrogens is 3. The Morgan fingerprint density at radius 2 is 1.76 bits per heavy atom. The molecule has 2 fully saturated rings. The Morgan fingerprint density at radius 3 is 2.30 bits per heavy atom. The van der Waals surface area contributed by atoms with Gasteiger partial charge in [-0.15, -0.1) is 0 Å². The van der Waals surface area contributed by atoms with Crippen molar-refractivity contribution < 1.29 is 13.5 Å². The van der Waals surface area contributed by atoms with Crippen molar-refractivity contribution in [3.8, 4) is 11.3 Å². The molecule has 198 valence electrons. The monoisotopic (exact) mass is 523 g/mol. The van der Waals surface area contributed by atoms with E-state index in [9.17, 15) is 13.5 Å². The van der Waals surface area contributed by atoms with E-state index in [1.54, 1.807) is 19.4 Å². The lowest BCUT2D eigenvalue weighted by Gasteiger charge is -2.55. The second-order valence-corrected chi connectivity index (χ2v) is 13.6. The number of aliphatic hydroxyl groups is 1. The molecule has 0 amide bonds. The van der Waals surface area contributed by atoms with E-state index >= 15 is 0 Å². The van der Waals surface area contributed by atoms with E-state index in [0.717, 1.165) is 48.3 Å². The molecule has 8 nitrogen and oxygen atoms in total. The molecule has 0 bridgehead atoms. The second kappa shape index (κ2) is 8.73. The molecule has 1 aromatic carbocycles. The van der Waals surface area contributed by atoms with Gasteiger partial charge in [0.1, 0.15) is 5.60 Å². The number of rotatable bonds is 8. The van der Waals surface area contributed by atoms with Gasteiger partial charge in [-0.2, -0.15) is 9.40 Å². The number of sulfonamides is 1. The molecule has 1 aliphatic heterocycles. The van der Waals surface area contributed by atoms with Gasteiger partial charge in [0.2, 0.25) is 10.0 Å². The van der Waals surface area contributed by atoms with Crippen LogP contribution < -0.4 is 0 Å². The average Bonchev–Trinajstić information content (AvgIpc) is 3.49. The minimum Gasteiger partial charge on any atom is -0.380 e. The van der Waals surface area contributed by atoms with Gasteiger partial charge in [-0.25, -0.2) is 8.42 Å². The number of nitrogens with one attached hydrogen (secondary N) is 1. The first-order valence-electron chi connectivity index (χ1n) is 12.8. The summed E-state index contributed by atoms with van der Waals surface area (Å²) >= 11 is 0. The third-order valence-corrected chi connectivity index (χ3v) is 9.81. The van der Waals surface area contributed by atoms with Crippen LogP contribution in [0, 0.1) is 5.41 Å². The SMILES string of the molecule is CC(C)c1ccc([C@](O)(c2cncc(-c3cc(C4(N(C)S(C)(=O)=O)CC4)[nH]n3)c2)C2(C)CN(C)C2)cc1. The Labute approximate surface area is 219 Å². The maximum absolute atomic E-state index is 12.5. The highest BCUT2D eigenvalue weighted by Gasteiger charge is 2.55. The Bertz CT molecular complexity index is 1410. The average molecular weight is 524 g/mol. The van der Waals surface area contributed by atoms with Crippen molar-refractivity contribution in [3.63, 3.8) is 0 Å². The van der Waals surface area contributed by atoms with Gasteiger partial charge in [-0.05, 0) is 49.1 Å². The Hall–Kier alpha value is -2.59. The molecular weight excluding hydrogens is 486 g/mol. The van der Waals surface area contributed by atoms with E-state index in [4.69, 9.17) is 0 Å². The smallest absolute Gasteiger partial charge is 0.211 e. The maximum atomic E-state index is 12.5. The topological polar surface area (TPSA) is 102 Å². The number of hydrogen-bond donors (Lipinski definition) is 2. The molecule has 2 aromatic heterocycles. The number of nitrogens with zero attached hydrogens (tertiary/aromatic N) is 4. The van der Waals surface area contributed by atoms with Crippen molar-refractivity contribution in [2.75, 3.05) is 33.4 Å². The summed E-state index contributed by atoms with van der Waals surface area (Å²) in [5.41, 5.74) is 2.79. The summed E-state index contributed by atoms with van der Waals surface area (Å²) in [7, 11) is 0.330. The minimum absolute atomic E-state index is 0.394. The van der Waals surface area contributed by atoms with Crippen LogP contribution in [0.4, 0.5) is 0 Å². The molecule has 2 N–H and O–H groups in total. The molecule has 9 heteroatoms. The third-order valence-electron chi connectivity index (χ3n) is 8.46. The molecule has 0 radical (unpaired) electrons. The van der Waals surface area contributed by atoms with Crippen molar-refractivity contribution in [3.05, 3.63) is 71.2 Å². The number of hydrogen-bond acceptors (Lipinski definition) is 6. The molecule has 1 atom stereocenters. The van der Waals surface area contributed by atoms with E-state index < -0.39 is 26.6 Å².